The standard InChI is InChI=1S/C11H14BrFN2O/c1-7-6-16-3-2-15(7)11-4-8(12)9(13)5-10(11)14/h4-5,7H,2-3,6,14H2,1H3. The van der Waals surface area contributed by atoms with Crippen LogP contribution in [-0.4, -0.2) is 25.8 Å². The van der Waals surface area contributed by atoms with Crippen molar-refractivity contribution in [1.82, 2.24) is 0 Å². The maximum Gasteiger partial charge on any atom is 0.139 e. The van der Waals surface area contributed by atoms with Crippen LogP contribution < -0.4 is 10.6 Å². The summed E-state index contributed by atoms with van der Waals surface area (Å²) in [6.07, 6.45) is 0. The zero-order valence-corrected chi connectivity index (χ0v) is 10.6. The van der Waals surface area contributed by atoms with E-state index in [-0.39, 0.29) is 11.9 Å². The van der Waals surface area contributed by atoms with Crippen LogP contribution >= 0.6 is 15.9 Å². The summed E-state index contributed by atoms with van der Waals surface area (Å²) in [6, 6.07) is 3.34. The number of morpholine rings is 1. The van der Waals surface area contributed by atoms with Crippen LogP contribution in [0.25, 0.3) is 0 Å². The number of nitrogens with zero attached hydrogens (tertiary/aromatic N) is 1. The molecule has 0 bridgehead atoms. The molecule has 88 valence electrons. The van der Waals surface area contributed by atoms with E-state index in [0.717, 1.165) is 12.2 Å². The highest BCUT2D eigenvalue weighted by molar-refractivity contribution is 9.10. The molecule has 1 unspecified atom stereocenters. The Kier molecular flexibility index (Phi) is 3.35. The molecule has 1 aliphatic heterocycles. The largest absolute Gasteiger partial charge is 0.397 e. The average molecular weight is 289 g/mol. The molecular formula is C11H14BrFN2O. The van der Waals surface area contributed by atoms with Crippen molar-refractivity contribution in [2.24, 2.45) is 0 Å². The van der Waals surface area contributed by atoms with Crippen molar-refractivity contribution in [3.63, 3.8) is 0 Å². The maximum atomic E-state index is 13.3. The maximum absolute atomic E-state index is 13.3. The van der Waals surface area contributed by atoms with Crippen LogP contribution in [0.15, 0.2) is 16.6 Å². The highest BCUT2D eigenvalue weighted by atomic mass is 79.9. The average Bonchev–Trinajstić information content (AvgIpc) is 2.25. The first-order chi connectivity index (χ1) is 7.59. The molecule has 0 amide bonds. The number of hydrogen-bond acceptors (Lipinski definition) is 3. The van der Waals surface area contributed by atoms with Gasteiger partial charge in [0, 0.05) is 18.7 Å². The van der Waals surface area contributed by atoms with Crippen LogP contribution in [0, 0.1) is 5.82 Å². The molecule has 0 aliphatic carbocycles. The Bertz CT molecular complexity index is 400. The first kappa shape index (κ1) is 11.7. The summed E-state index contributed by atoms with van der Waals surface area (Å²) in [5, 5.41) is 0. The van der Waals surface area contributed by atoms with Crippen molar-refractivity contribution in [2.75, 3.05) is 30.4 Å². The summed E-state index contributed by atoms with van der Waals surface area (Å²) in [6.45, 7) is 4.20. The highest BCUT2D eigenvalue weighted by Gasteiger charge is 2.21. The smallest absolute Gasteiger partial charge is 0.139 e. The van der Waals surface area contributed by atoms with E-state index in [0.29, 0.717) is 23.4 Å². The molecule has 0 saturated carbocycles. The van der Waals surface area contributed by atoms with Gasteiger partial charge in [-0.15, -0.1) is 0 Å². The van der Waals surface area contributed by atoms with E-state index in [2.05, 4.69) is 27.8 Å². The predicted octanol–water partition coefficient (Wildman–Crippen LogP) is 2.40. The number of rotatable bonds is 1. The van der Waals surface area contributed by atoms with Gasteiger partial charge in [0.15, 0.2) is 0 Å². The minimum absolute atomic E-state index is 0.258. The van der Waals surface area contributed by atoms with Crippen LogP contribution in [0.2, 0.25) is 0 Å². The Morgan fingerprint density at radius 2 is 2.31 bits per heavy atom. The Labute approximate surface area is 102 Å². The lowest BCUT2D eigenvalue weighted by molar-refractivity contribution is 0.0990. The first-order valence-corrected chi connectivity index (χ1v) is 5.98. The number of nitrogen functional groups attached to an aromatic ring is 1. The summed E-state index contributed by atoms with van der Waals surface area (Å²) < 4.78 is 19.1. The second-order valence-corrected chi connectivity index (χ2v) is 4.80. The minimum Gasteiger partial charge on any atom is -0.397 e. The molecule has 16 heavy (non-hydrogen) atoms. The van der Waals surface area contributed by atoms with Crippen LogP contribution in [-0.2, 0) is 4.74 Å². The first-order valence-electron chi connectivity index (χ1n) is 5.18. The molecule has 5 heteroatoms. The summed E-state index contributed by atoms with van der Waals surface area (Å²) in [5.74, 6) is -0.331. The molecule has 1 aliphatic rings. The zero-order valence-electron chi connectivity index (χ0n) is 9.04. The summed E-state index contributed by atoms with van der Waals surface area (Å²) in [5.41, 5.74) is 7.17. The summed E-state index contributed by atoms with van der Waals surface area (Å²) in [7, 11) is 0. The number of hydrogen-bond donors (Lipinski definition) is 1. The number of halogens is 2. The molecule has 0 aromatic heterocycles. The van der Waals surface area contributed by atoms with Crippen molar-refractivity contribution >= 4 is 27.3 Å². The number of ether oxygens (including phenoxy) is 1. The van der Waals surface area contributed by atoms with Crippen LogP contribution in [0.1, 0.15) is 6.92 Å². The van der Waals surface area contributed by atoms with E-state index in [9.17, 15) is 4.39 Å². The van der Waals surface area contributed by atoms with Gasteiger partial charge in [0.25, 0.3) is 0 Å². The lowest BCUT2D eigenvalue weighted by Crippen LogP contribution is -2.44. The molecule has 1 saturated heterocycles. The third kappa shape index (κ3) is 2.15. The Balaban J connectivity index is 2.35. The molecule has 0 radical (unpaired) electrons. The van der Waals surface area contributed by atoms with Gasteiger partial charge < -0.3 is 15.4 Å². The second-order valence-electron chi connectivity index (χ2n) is 3.94. The van der Waals surface area contributed by atoms with E-state index < -0.39 is 0 Å². The molecule has 1 aromatic rings. The monoisotopic (exact) mass is 288 g/mol. The lowest BCUT2D eigenvalue weighted by Gasteiger charge is -2.36. The molecule has 1 fully saturated rings. The summed E-state index contributed by atoms with van der Waals surface area (Å²) >= 11 is 3.18. The second kappa shape index (κ2) is 4.59. The molecule has 1 atom stereocenters. The van der Waals surface area contributed by atoms with Crippen LogP contribution in [0.5, 0.6) is 0 Å². The molecular weight excluding hydrogens is 275 g/mol. The van der Waals surface area contributed by atoms with E-state index in [1.165, 1.54) is 6.07 Å². The van der Waals surface area contributed by atoms with Gasteiger partial charge in [-0.25, -0.2) is 4.39 Å². The number of benzene rings is 1. The molecule has 1 aromatic carbocycles. The quantitative estimate of drug-likeness (QED) is 0.807. The topological polar surface area (TPSA) is 38.5 Å². The molecule has 2 rings (SSSR count). The molecule has 3 nitrogen and oxygen atoms in total. The third-order valence-electron chi connectivity index (χ3n) is 2.75. The fourth-order valence-corrected chi connectivity index (χ4v) is 2.22. The van der Waals surface area contributed by atoms with Crippen molar-refractivity contribution in [1.29, 1.82) is 0 Å². The SMILES string of the molecule is CC1COCCN1c1cc(Br)c(F)cc1N. The molecule has 0 spiro atoms. The highest BCUT2D eigenvalue weighted by Crippen LogP contribution is 2.31. The summed E-state index contributed by atoms with van der Waals surface area (Å²) in [4.78, 5) is 2.14. The van der Waals surface area contributed by atoms with Gasteiger partial charge in [0.1, 0.15) is 5.82 Å². The number of nitrogens with two attached hydrogens (primary N) is 1. The van der Waals surface area contributed by atoms with Crippen LogP contribution in [0.3, 0.4) is 0 Å². The van der Waals surface area contributed by atoms with E-state index >= 15 is 0 Å². The van der Waals surface area contributed by atoms with Crippen molar-refractivity contribution in [2.45, 2.75) is 13.0 Å². The van der Waals surface area contributed by atoms with Gasteiger partial charge >= 0.3 is 0 Å². The van der Waals surface area contributed by atoms with Gasteiger partial charge in [-0.05, 0) is 28.9 Å². The van der Waals surface area contributed by atoms with Crippen molar-refractivity contribution in [3.8, 4) is 0 Å². The van der Waals surface area contributed by atoms with Gasteiger partial charge in [-0.2, -0.15) is 0 Å². The fourth-order valence-electron chi connectivity index (χ4n) is 1.89. The van der Waals surface area contributed by atoms with E-state index in [1.54, 1.807) is 6.07 Å². The predicted molar refractivity (Wildman–Crippen MR) is 66.1 cm³/mol. The van der Waals surface area contributed by atoms with Gasteiger partial charge in [-0.1, -0.05) is 0 Å². The lowest BCUT2D eigenvalue weighted by atomic mass is 10.2. The molecule has 1 heterocycles. The van der Waals surface area contributed by atoms with E-state index in [1.807, 2.05) is 0 Å². The van der Waals surface area contributed by atoms with Crippen molar-refractivity contribution in [3.05, 3.63) is 22.4 Å². The normalized spacial score (nSPS) is 21.2. The fraction of sp³-hybridized carbons (Fsp3) is 0.455. The van der Waals surface area contributed by atoms with Gasteiger partial charge in [0.05, 0.1) is 29.1 Å². The zero-order chi connectivity index (χ0) is 11.7. The van der Waals surface area contributed by atoms with Gasteiger partial charge in [0.2, 0.25) is 0 Å². The molecule has 2 N–H and O–H groups in total. The minimum atomic E-state index is -0.331. The Hall–Kier alpha value is -0.810. The van der Waals surface area contributed by atoms with Crippen molar-refractivity contribution < 1.29 is 9.13 Å². The van der Waals surface area contributed by atoms with Gasteiger partial charge in [-0.3, -0.25) is 0 Å². The van der Waals surface area contributed by atoms with Crippen LogP contribution in [0.4, 0.5) is 15.8 Å². The number of anilines is 2. The van der Waals surface area contributed by atoms with E-state index in [4.69, 9.17) is 10.5 Å². The Morgan fingerprint density at radius 1 is 1.56 bits per heavy atom. The Morgan fingerprint density at radius 3 is 3.00 bits per heavy atom. The third-order valence-corrected chi connectivity index (χ3v) is 3.35.